The van der Waals surface area contributed by atoms with Crippen LogP contribution < -0.4 is 0 Å². The van der Waals surface area contributed by atoms with E-state index < -0.39 is 0 Å². The van der Waals surface area contributed by atoms with E-state index in [-0.39, 0.29) is 0 Å². The zero-order valence-corrected chi connectivity index (χ0v) is 6.34. The first-order valence-electron chi connectivity index (χ1n) is 4.00. The molecule has 1 saturated heterocycles. The standard InChI is InChI=1S/C8H13NO/c1-9-5-6-2-3-8(10)7(9)4-6/h6-7H,2-5H2,1H3. The Morgan fingerprint density at radius 2 is 2.40 bits per heavy atom. The van der Waals surface area contributed by atoms with Crippen LogP contribution in [-0.2, 0) is 4.79 Å². The third-order valence-corrected chi connectivity index (χ3v) is 2.81. The highest BCUT2D eigenvalue weighted by molar-refractivity contribution is 5.85. The summed E-state index contributed by atoms with van der Waals surface area (Å²) in [6, 6.07) is 0.291. The Labute approximate surface area is 61.2 Å². The first-order chi connectivity index (χ1) is 4.77. The third kappa shape index (κ3) is 0.788. The summed E-state index contributed by atoms with van der Waals surface area (Å²) in [7, 11) is 2.06. The molecule has 0 aromatic rings. The van der Waals surface area contributed by atoms with Crippen LogP contribution in [0.3, 0.4) is 0 Å². The second-order valence-electron chi connectivity index (χ2n) is 3.56. The van der Waals surface area contributed by atoms with E-state index in [0.29, 0.717) is 11.8 Å². The quantitative estimate of drug-likeness (QED) is 0.491. The fraction of sp³-hybridized carbons (Fsp3) is 0.875. The van der Waals surface area contributed by atoms with Gasteiger partial charge in [-0.15, -0.1) is 0 Å². The van der Waals surface area contributed by atoms with Crippen molar-refractivity contribution in [1.29, 1.82) is 0 Å². The van der Waals surface area contributed by atoms with Crippen LogP contribution in [0.2, 0.25) is 0 Å². The van der Waals surface area contributed by atoms with Gasteiger partial charge >= 0.3 is 0 Å². The van der Waals surface area contributed by atoms with Gasteiger partial charge < -0.3 is 0 Å². The summed E-state index contributed by atoms with van der Waals surface area (Å²) in [4.78, 5) is 13.4. The summed E-state index contributed by atoms with van der Waals surface area (Å²) < 4.78 is 0. The summed E-state index contributed by atoms with van der Waals surface area (Å²) in [6.07, 6.45) is 3.11. The normalized spacial score (nSPS) is 40.7. The number of likely N-dealkylation sites (N-methyl/N-ethyl adjacent to an activating group) is 1. The summed E-state index contributed by atoms with van der Waals surface area (Å²) >= 11 is 0. The van der Waals surface area contributed by atoms with Gasteiger partial charge in [-0.25, -0.2) is 0 Å². The van der Waals surface area contributed by atoms with Crippen LogP contribution in [0, 0.1) is 5.92 Å². The van der Waals surface area contributed by atoms with E-state index in [0.717, 1.165) is 31.7 Å². The van der Waals surface area contributed by atoms with Crippen LogP contribution in [0.4, 0.5) is 0 Å². The number of ketones is 1. The molecule has 2 rings (SSSR count). The van der Waals surface area contributed by atoms with Crippen molar-refractivity contribution in [2.24, 2.45) is 5.92 Å². The van der Waals surface area contributed by atoms with Crippen molar-refractivity contribution >= 4 is 5.78 Å². The molecule has 2 heteroatoms. The summed E-state index contributed by atoms with van der Waals surface area (Å²) in [5, 5.41) is 0. The molecule has 1 saturated carbocycles. The van der Waals surface area contributed by atoms with Crippen LogP contribution in [0.25, 0.3) is 0 Å². The molecule has 0 aromatic carbocycles. The number of Topliss-reactive ketones (excluding diaryl/α,β-unsaturated/α-hetero) is 1. The van der Waals surface area contributed by atoms with Gasteiger partial charge in [-0.3, -0.25) is 9.69 Å². The molecule has 2 fully saturated rings. The molecule has 0 amide bonds. The van der Waals surface area contributed by atoms with Crippen molar-refractivity contribution in [1.82, 2.24) is 4.90 Å². The van der Waals surface area contributed by atoms with Crippen LogP contribution in [0.15, 0.2) is 0 Å². The fourth-order valence-electron chi connectivity index (χ4n) is 2.20. The Bertz CT molecular complexity index is 167. The number of hydrogen-bond donors (Lipinski definition) is 0. The maximum absolute atomic E-state index is 11.2. The fourth-order valence-corrected chi connectivity index (χ4v) is 2.20. The van der Waals surface area contributed by atoms with Crippen molar-refractivity contribution in [2.75, 3.05) is 13.6 Å². The molecule has 2 atom stereocenters. The van der Waals surface area contributed by atoms with Crippen LogP contribution in [0.5, 0.6) is 0 Å². The molecule has 0 N–H and O–H groups in total. The van der Waals surface area contributed by atoms with Gasteiger partial charge in [0.2, 0.25) is 0 Å². The molecule has 1 aliphatic heterocycles. The minimum Gasteiger partial charge on any atom is -0.298 e. The van der Waals surface area contributed by atoms with Crippen molar-refractivity contribution in [2.45, 2.75) is 25.3 Å². The molecular formula is C8H13NO. The SMILES string of the molecule is CN1CC2CCC(=O)C1C2. The Morgan fingerprint density at radius 3 is 3.10 bits per heavy atom. The lowest BCUT2D eigenvalue weighted by Crippen LogP contribution is -2.32. The average Bonchev–Trinajstić information content (AvgIpc) is 2.21. The van der Waals surface area contributed by atoms with Gasteiger partial charge in [0.1, 0.15) is 5.78 Å². The first-order valence-corrected chi connectivity index (χ1v) is 4.00. The van der Waals surface area contributed by atoms with E-state index in [1.54, 1.807) is 0 Å². The number of hydrogen-bond acceptors (Lipinski definition) is 2. The van der Waals surface area contributed by atoms with Gasteiger partial charge in [-0.2, -0.15) is 0 Å². The molecule has 0 radical (unpaired) electrons. The second kappa shape index (κ2) is 2.06. The van der Waals surface area contributed by atoms with Gasteiger partial charge in [-0.05, 0) is 25.8 Å². The average molecular weight is 139 g/mol. The lowest BCUT2D eigenvalue weighted by Gasteiger charge is -2.18. The van der Waals surface area contributed by atoms with E-state index in [9.17, 15) is 4.79 Å². The Balaban J connectivity index is 2.17. The number of likely N-dealkylation sites (tertiary alicyclic amines) is 1. The maximum atomic E-state index is 11.2. The molecule has 2 bridgehead atoms. The van der Waals surface area contributed by atoms with E-state index in [4.69, 9.17) is 0 Å². The minimum atomic E-state index is 0.291. The Hall–Kier alpha value is -0.370. The topological polar surface area (TPSA) is 20.3 Å². The second-order valence-corrected chi connectivity index (χ2v) is 3.56. The highest BCUT2D eigenvalue weighted by Gasteiger charge is 2.37. The van der Waals surface area contributed by atoms with E-state index in [1.165, 1.54) is 0 Å². The molecular weight excluding hydrogens is 126 g/mol. The predicted octanol–water partition coefficient (Wildman–Crippen LogP) is 0.670. The number of carbonyl (C=O) groups excluding carboxylic acids is 1. The highest BCUT2D eigenvalue weighted by Crippen LogP contribution is 2.31. The molecule has 0 aromatic heterocycles. The van der Waals surface area contributed by atoms with Crippen LogP contribution in [-0.4, -0.2) is 30.3 Å². The smallest absolute Gasteiger partial charge is 0.149 e. The van der Waals surface area contributed by atoms with Gasteiger partial charge in [0.25, 0.3) is 0 Å². The minimum absolute atomic E-state index is 0.291. The van der Waals surface area contributed by atoms with E-state index in [2.05, 4.69) is 11.9 Å². The Kier molecular flexibility index (Phi) is 1.31. The zero-order valence-electron chi connectivity index (χ0n) is 6.34. The maximum Gasteiger partial charge on any atom is 0.149 e. The third-order valence-electron chi connectivity index (χ3n) is 2.81. The summed E-state index contributed by atoms with van der Waals surface area (Å²) in [5.74, 6) is 1.30. The summed E-state index contributed by atoms with van der Waals surface area (Å²) in [5.41, 5.74) is 0. The summed E-state index contributed by atoms with van der Waals surface area (Å²) in [6.45, 7) is 1.15. The number of rotatable bonds is 0. The first kappa shape index (κ1) is 6.35. The highest BCUT2D eigenvalue weighted by atomic mass is 16.1. The predicted molar refractivity (Wildman–Crippen MR) is 38.8 cm³/mol. The van der Waals surface area contributed by atoms with Crippen LogP contribution in [0.1, 0.15) is 19.3 Å². The van der Waals surface area contributed by atoms with Crippen molar-refractivity contribution in [3.05, 3.63) is 0 Å². The lowest BCUT2D eigenvalue weighted by atomic mass is 9.89. The van der Waals surface area contributed by atoms with E-state index in [1.807, 2.05) is 0 Å². The zero-order chi connectivity index (χ0) is 7.14. The molecule has 2 unspecified atom stereocenters. The lowest BCUT2D eigenvalue weighted by molar-refractivity contribution is -0.123. The largest absolute Gasteiger partial charge is 0.298 e. The molecule has 2 aliphatic rings. The number of carbonyl (C=O) groups is 1. The van der Waals surface area contributed by atoms with Crippen molar-refractivity contribution in [3.8, 4) is 0 Å². The molecule has 2 nitrogen and oxygen atoms in total. The number of nitrogens with zero attached hydrogens (tertiary/aromatic N) is 1. The van der Waals surface area contributed by atoms with Gasteiger partial charge in [0, 0.05) is 13.0 Å². The molecule has 10 heavy (non-hydrogen) atoms. The number of fused-ring (bicyclic) bond motifs is 2. The molecule has 1 heterocycles. The van der Waals surface area contributed by atoms with Crippen molar-refractivity contribution < 1.29 is 4.79 Å². The van der Waals surface area contributed by atoms with Gasteiger partial charge in [-0.1, -0.05) is 0 Å². The van der Waals surface area contributed by atoms with Crippen LogP contribution >= 0.6 is 0 Å². The Morgan fingerprint density at radius 1 is 1.60 bits per heavy atom. The monoisotopic (exact) mass is 139 g/mol. The van der Waals surface area contributed by atoms with Gasteiger partial charge in [0.15, 0.2) is 0 Å². The van der Waals surface area contributed by atoms with E-state index >= 15 is 0 Å². The van der Waals surface area contributed by atoms with Crippen molar-refractivity contribution in [3.63, 3.8) is 0 Å². The molecule has 1 aliphatic carbocycles. The van der Waals surface area contributed by atoms with Gasteiger partial charge in [0.05, 0.1) is 6.04 Å². The molecule has 56 valence electrons. The molecule has 0 spiro atoms.